The normalized spacial score (nSPS) is 8.50. The first-order valence-corrected chi connectivity index (χ1v) is 2.07. The first-order valence-electron chi connectivity index (χ1n) is 2.07. The van der Waals surface area contributed by atoms with Crippen molar-refractivity contribution in [3.8, 4) is 6.01 Å². The average molecular weight is 111 g/mol. The van der Waals surface area contributed by atoms with Crippen molar-refractivity contribution in [3.63, 3.8) is 0 Å². The molecule has 0 aliphatic rings. The van der Waals surface area contributed by atoms with Gasteiger partial charge in [-0.2, -0.15) is 4.98 Å². The standard InChI is InChI=1S/C4H5N3O/c1-2-8-4-5-3-6-7-4/h2-3H,1H2,(H,5,6,7). The fourth-order valence-corrected chi connectivity index (χ4v) is 0.328. The van der Waals surface area contributed by atoms with Crippen molar-refractivity contribution in [2.45, 2.75) is 0 Å². The van der Waals surface area contributed by atoms with Gasteiger partial charge in [0, 0.05) is 0 Å². The van der Waals surface area contributed by atoms with E-state index < -0.39 is 0 Å². The monoisotopic (exact) mass is 111 g/mol. The molecule has 0 saturated carbocycles. The van der Waals surface area contributed by atoms with Gasteiger partial charge in [0.2, 0.25) is 0 Å². The fraction of sp³-hybridized carbons (Fsp3) is 0. The maximum absolute atomic E-state index is 4.66. The van der Waals surface area contributed by atoms with E-state index in [1.54, 1.807) is 0 Å². The topological polar surface area (TPSA) is 50.8 Å². The predicted octanol–water partition coefficient (Wildman–Crippen LogP) is 0.327. The molecule has 0 unspecified atom stereocenters. The summed E-state index contributed by atoms with van der Waals surface area (Å²) in [5, 5.41) is 6.06. The quantitative estimate of drug-likeness (QED) is 0.559. The molecule has 0 aromatic carbocycles. The zero-order valence-corrected chi connectivity index (χ0v) is 4.16. The van der Waals surface area contributed by atoms with Crippen LogP contribution in [0.15, 0.2) is 19.2 Å². The van der Waals surface area contributed by atoms with Gasteiger partial charge in [-0.1, -0.05) is 6.58 Å². The summed E-state index contributed by atoms with van der Waals surface area (Å²) in [7, 11) is 0. The molecular formula is C4H5N3O. The molecule has 1 aromatic heterocycles. The Kier molecular flexibility index (Phi) is 1.27. The Balaban J connectivity index is 2.62. The molecule has 4 heteroatoms. The van der Waals surface area contributed by atoms with Gasteiger partial charge in [-0.25, -0.2) is 0 Å². The molecule has 0 aliphatic heterocycles. The maximum atomic E-state index is 4.66. The smallest absolute Gasteiger partial charge is 0.340 e. The highest BCUT2D eigenvalue weighted by Gasteiger charge is 1.88. The molecule has 0 spiro atoms. The van der Waals surface area contributed by atoms with E-state index in [-0.39, 0.29) is 0 Å². The summed E-state index contributed by atoms with van der Waals surface area (Å²) in [6, 6.07) is 0.292. The third kappa shape index (κ3) is 0.841. The zero-order valence-electron chi connectivity index (χ0n) is 4.16. The van der Waals surface area contributed by atoms with E-state index in [0.717, 1.165) is 0 Å². The molecule has 42 valence electrons. The third-order valence-corrected chi connectivity index (χ3v) is 0.582. The number of hydrogen-bond acceptors (Lipinski definition) is 3. The number of aromatic amines is 1. The zero-order chi connectivity index (χ0) is 5.82. The molecule has 0 amide bonds. The Morgan fingerprint density at radius 3 is 3.25 bits per heavy atom. The Morgan fingerprint density at radius 2 is 2.75 bits per heavy atom. The molecule has 0 bridgehead atoms. The molecule has 1 rings (SSSR count). The molecule has 0 fully saturated rings. The maximum Gasteiger partial charge on any atom is 0.340 e. The van der Waals surface area contributed by atoms with E-state index in [4.69, 9.17) is 0 Å². The molecule has 0 aliphatic carbocycles. The summed E-state index contributed by atoms with van der Waals surface area (Å²) in [4.78, 5) is 3.65. The average Bonchev–Trinajstić information content (AvgIpc) is 2.19. The molecule has 1 heterocycles. The molecular weight excluding hydrogens is 106 g/mol. The number of nitrogens with zero attached hydrogens (tertiary/aromatic N) is 2. The molecule has 1 aromatic rings. The summed E-state index contributed by atoms with van der Waals surface area (Å²) in [6.07, 6.45) is 2.70. The van der Waals surface area contributed by atoms with E-state index in [9.17, 15) is 0 Å². The van der Waals surface area contributed by atoms with Crippen molar-refractivity contribution in [3.05, 3.63) is 19.2 Å². The minimum absolute atomic E-state index is 0.292. The van der Waals surface area contributed by atoms with Crippen LogP contribution in [-0.4, -0.2) is 15.2 Å². The van der Waals surface area contributed by atoms with Crippen molar-refractivity contribution in [2.75, 3.05) is 0 Å². The van der Waals surface area contributed by atoms with Gasteiger partial charge in [-0.3, -0.25) is 5.10 Å². The number of nitrogens with one attached hydrogen (secondary N) is 1. The number of H-pyrrole nitrogens is 1. The SMILES string of the molecule is C=COc1nc[nH]n1. The minimum atomic E-state index is 0.292. The molecule has 8 heavy (non-hydrogen) atoms. The van der Waals surface area contributed by atoms with Gasteiger partial charge in [0.1, 0.15) is 6.33 Å². The van der Waals surface area contributed by atoms with Crippen LogP contribution < -0.4 is 4.74 Å². The van der Waals surface area contributed by atoms with Gasteiger partial charge >= 0.3 is 6.01 Å². The van der Waals surface area contributed by atoms with Gasteiger partial charge in [0.05, 0.1) is 6.26 Å². The number of hydrogen-bond donors (Lipinski definition) is 1. The largest absolute Gasteiger partial charge is 0.432 e. The van der Waals surface area contributed by atoms with Crippen molar-refractivity contribution in [1.29, 1.82) is 0 Å². The van der Waals surface area contributed by atoms with E-state index >= 15 is 0 Å². The Labute approximate surface area is 46.2 Å². The first-order chi connectivity index (χ1) is 3.93. The van der Waals surface area contributed by atoms with Gasteiger partial charge in [-0.05, 0) is 0 Å². The lowest BCUT2D eigenvalue weighted by atomic mass is 11.1. The van der Waals surface area contributed by atoms with Crippen LogP contribution >= 0.6 is 0 Å². The Morgan fingerprint density at radius 1 is 1.88 bits per heavy atom. The second-order valence-electron chi connectivity index (χ2n) is 1.07. The molecule has 0 atom stereocenters. The second-order valence-corrected chi connectivity index (χ2v) is 1.07. The van der Waals surface area contributed by atoms with Crippen LogP contribution in [0.2, 0.25) is 0 Å². The van der Waals surface area contributed by atoms with Crippen LogP contribution in [0, 0.1) is 0 Å². The summed E-state index contributed by atoms with van der Waals surface area (Å²) in [5.41, 5.74) is 0. The van der Waals surface area contributed by atoms with E-state index in [1.165, 1.54) is 12.6 Å². The van der Waals surface area contributed by atoms with Crippen molar-refractivity contribution in [1.82, 2.24) is 15.2 Å². The van der Waals surface area contributed by atoms with Crippen LogP contribution in [0.4, 0.5) is 0 Å². The van der Waals surface area contributed by atoms with E-state index in [1.807, 2.05) is 0 Å². The van der Waals surface area contributed by atoms with Gasteiger partial charge < -0.3 is 4.74 Å². The van der Waals surface area contributed by atoms with Crippen LogP contribution in [0.25, 0.3) is 0 Å². The Hall–Kier alpha value is -1.32. The van der Waals surface area contributed by atoms with Crippen LogP contribution in [0.3, 0.4) is 0 Å². The molecule has 0 saturated heterocycles. The van der Waals surface area contributed by atoms with Crippen molar-refractivity contribution in [2.24, 2.45) is 0 Å². The fourth-order valence-electron chi connectivity index (χ4n) is 0.328. The summed E-state index contributed by atoms with van der Waals surface area (Å²) in [6.45, 7) is 3.32. The first kappa shape index (κ1) is 4.83. The van der Waals surface area contributed by atoms with E-state index in [2.05, 4.69) is 26.5 Å². The highest BCUT2D eigenvalue weighted by molar-refractivity contribution is 4.87. The number of ether oxygens (including phenoxy) is 1. The lowest BCUT2D eigenvalue weighted by Gasteiger charge is -1.84. The summed E-state index contributed by atoms with van der Waals surface area (Å²) in [5.74, 6) is 0. The minimum Gasteiger partial charge on any atom is -0.432 e. The molecule has 0 radical (unpaired) electrons. The van der Waals surface area contributed by atoms with Gasteiger partial charge in [-0.15, -0.1) is 5.10 Å². The predicted molar refractivity (Wildman–Crippen MR) is 27.2 cm³/mol. The summed E-state index contributed by atoms with van der Waals surface area (Å²) >= 11 is 0. The Bertz CT molecular complexity index is 158. The lowest BCUT2D eigenvalue weighted by molar-refractivity contribution is 0.444. The third-order valence-electron chi connectivity index (χ3n) is 0.582. The molecule has 4 nitrogen and oxygen atoms in total. The van der Waals surface area contributed by atoms with Gasteiger partial charge in [0.15, 0.2) is 0 Å². The van der Waals surface area contributed by atoms with E-state index in [0.29, 0.717) is 6.01 Å². The molecule has 1 N–H and O–H groups in total. The number of rotatable bonds is 2. The second kappa shape index (κ2) is 2.11. The van der Waals surface area contributed by atoms with Crippen LogP contribution in [-0.2, 0) is 0 Å². The van der Waals surface area contributed by atoms with Crippen LogP contribution in [0.1, 0.15) is 0 Å². The number of aromatic nitrogens is 3. The summed E-state index contributed by atoms with van der Waals surface area (Å²) < 4.78 is 4.66. The van der Waals surface area contributed by atoms with Crippen LogP contribution in [0.5, 0.6) is 6.01 Å². The van der Waals surface area contributed by atoms with Crippen molar-refractivity contribution < 1.29 is 4.74 Å². The highest BCUT2D eigenvalue weighted by Crippen LogP contribution is 1.93. The van der Waals surface area contributed by atoms with Crippen molar-refractivity contribution >= 4 is 0 Å². The highest BCUT2D eigenvalue weighted by atomic mass is 16.5. The van der Waals surface area contributed by atoms with Gasteiger partial charge in [0.25, 0.3) is 0 Å². The lowest BCUT2D eigenvalue weighted by Crippen LogP contribution is -1.81.